The van der Waals surface area contributed by atoms with Crippen molar-refractivity contribution in [2.45, 2.75) is 38.8 Å². The van der Waals surface area contributed by atoms with Crippen molar-refractivity contribution in [3.8, 4) is 5.75 Å². The number of rotatable bonds is 8. The first kappa shape index (κ1) is 23.2. The molecule has 0 saturated carbocycles. The Balaban J connectivity index is 1.62. The maximum Gasteiger partial charge on any atom is 0.291 e. The molecule has 178 valence electrons. The number of halogens is 1. The van der Waals surface area contributed by atoms with Gasteiger partial charge in [-0.1, -0.05) is 73.8 Å². The summed E-state index contributed by atoms with van der Waals surface area (Å²) in [6, 6.07) is 21.6. The fourth-order valence-corrected chi connectivity index (χ4v) is 4.77. The van der Waals surface area contributed by atoms with E-state index in [1.165, 1.54) is 0 Å². The molecule has 4 aromatic rings. The van der Waals surface area contributed by atoms with Gasteiger partial charge in [0.1, 0.15) is 11.3 Å². The number of carbonyl (C=O) groups excluding carboxylic acids is 1. The molecule has 0 bridgehead atoms. The van der Waals surface area contributed by atoms with E-state index in [1.807, 2.05) is 54.6 Å². The smallest absolute Gasteiger partial charge is 0.291 e. The molecular weight excluding hydrogens is 462 g/mol. The Morgan fingerprint density at radius 1 is 0.971 bits per heavy atom. The number of unbranched alkanes of at least 4 members (excludes halogenated alkanes) is 2. The number of hydrogen-bond acceptors (Lipinski definition) is 4. The van der Waals surface area contributed by atoms with Crippen LogP contribution in [0.5, 0.6) is 5.75 Å². The Labute approximate surface area is 208 Å². The van der Waals surface area contributed by atoms with Gasteiger partial charge in [0.25, 0.3) is 5.91 Å². The molecule has 5 rings (SSSR count). The van der Waals surface area contributed by atoms with Crippen molar-refractivity contribution >= 4 is 28.5 Å². The van der Waals surface area contributed by atoms with Crippen molar-refractivity contribution in [2.24, 2.45) is 0 Å². The normalized spacial score (nSPS) is 15.0. The first-order valence-corrected chi connectivity index (χ1v) is 12.3. The standard InChI is InChI=1S/C29H26ClNO4/c1-2-3-7-15-34-22-12-8-11-20(16-22)26-25-27(32)23-17-21(30)13-14-24(23)35-28(25)29(33)31(26)18-19-9-5-4-6-10-19/h4-6,8-14,16-17,26H,2-3,7,15,18H2,1H3. The topological polar surface area (TPSA) is 59.8 Å². The lowest BCUT2D eigenvalue weighted by atomic mass is 9.98. The van der Waals surface area contributed by atoms with Crippen LogP contribution < -0.4 is 10.2 Å². The van der Waals surface area contributed by atoms with Gasteiger partial charge in [0.05, 0.1) is 23.6 Å². The minimum Gasteiger partial charge on any atom is -0.494 e. The molecule has 0 N–H and O–H groups in total. The average Bonchev–Trinajstić information content (AvgIpc) is 3.15. The SMILES string of the molecule is CCCCCOc1cccc(C2c3c(oc4ccc(Cl)cc4c3=O)C(=O)N2Cc2ccccc2)c1. The summed E-state index contributed by atoms with van der Waals surface area (Å²) in [5.41, 5.74) is 2.20. The van der Waals surface area contributed by atoms with E-state index in [0.29, 0.717) is 40.5 Å². The van der Waals surface area contributed by atoms with Crippen LogP contribution in [0.2, 0.25) is 5.02 Å². The Morgan fingerprint density at radius 2 is 1.80 bits per heavy atom. The zero-order valence-corrected chi connectivity index (χ0v) is 20.3. The largest absolute Gasteiger partial charge is 0.494 e. The van der Waals surface area contributed by atoms with Gasteiger partial charge in [-0.05, 0) is 47.9 Å². The highest BCUT2D eigenvalue weighted by Gasteiger charge is 2.42. The summed E-state index contributed by atoms with van der Waals surface area (Å²) in [4.78, 5) is 29.0. The van der Waals surface area contributed by atoms with Crippen molar-refractivity contribution in [3.05, 3.63) is 110 Å². The highest BCUT2D eigenvalue weighted by Crippen LogP contribution is 2.40. The molecule has 1 unspecified atom stereocenters. The van der Waals surface area contributed by atoms with Gasteiger partial charge < -0.3 is 14.1 Å². The summed E-state index contributed by atoms with van der Waals surface area (Å²) < 4.78 is 12.0. The second kappa shape index (κ2) is 9.96. The van der Waals surface area contributed by atoms with Gasteiger partial charge in [0.2, 0.25) is 5.76 Å². The van der Waals surface area contributed by atoms with Crippen molar-refractivity contribution < 1.29 is 13.9 Å². The lowest BCUT2D eigenvalue weighted by molar-refractivity contribution is 0.0714. The molecule has 0 radical (unpaired) electrons. The van der Waals surface area contributed by atoms with E-state index in [0.717, 1.165) is 30.4 Å². The molecule has 1 aliphatic heterocycles. The third-order valence-electron chi connectivity index (χ3n) is 6.31. The summed E-state index contributed by atoms with van der Waals surface area (Å²) in [6.45, 7) is 3.11. The first-order valence-electron chi connectivity index (χ1n) is 11.9. The molecule has 0 spiro atoms. The van der Waals surface area contributed by atoms with E-state index in [2.05, 4.69) is 6.92 Å². The highest BCUT2D eigenvalue weighted by molar-refractivity contribution is 6.31. The van der Waals surface area contributed by atoms with Crippen LogP contribution in [-0.2, 0) is 6.54 Å². The quantitative estimate of drug-likeness (QED) is 0.257. The number of amides is 1. The Bertz CT molecular complexity index is 1430. The summed E-state index contributed by atoms with van der Waals surface area (Å²) in [5.74, 6) is 0.490. The van der Waals surface area contributed by atoms with Gasteiger partial charge in [-0.25, -0.2) is 0 Å². The number of hydrogen-bond donors (Lipinski definition) is 0. The maximum absolute atomic E-state index is 13.7. The van der Waals surface area contributed by atoms with Crippen LogP contribution in [-0.4, -0.2) is 17.4 Å². The third-order valence-corrected chi connectivity index (χ3v) is 6.55. The fraction of sp³-hybridized carbons (Fsp3) is 0.241. The van der Waals surface area contributed by atoms with E-state index in [4.69, 9.17) is 20.8 Å². The van der Waals surface area contributed by atoms with Crippen LogP contribution in [0.15, 0.2) is 82.0 Å². The van der Waals surface area contributed by atoms with Gasteiger partial charge in [-0.2, -0.15) is 0 Å². The molecule has 2 heterocycles. The van der Waals surface area contributed by atoms with E-state index < -0.39 is 6.04 Å². The number of carbonyl (C=O) groups is 1. The van der Waals surface area contributed by atoms with Crippen LogP contribution in [0.3, 0.4) is 0 Å². The van der Waals surface area contributed by atoms with Crippen LogP contribution in [0, 0.1) is 0 Å². The minimum atomic E-state index is -0.600. The van der Waals surface area contributed by atoms with Crippen molar-refractivity contribution in [2.75, 3.05) is 6.61 Å². The van der Waals surface area contributed by atoms with E-state index in [9.17, 15) is 9.59 Å². The zero-order valence-electron chi connectivity index (χ0n) is 19.5. The lowest BCUT2D eigenvalue weighted by Crippen LogP contribution is -2.29. The summed E-state index contributed by atoms with van der Waals surface area (Å²) in [7, 11) is 0. The molecule has 0 saturated heterocycles. The molecule has 0 fully saturated rings. The second-order valence-electron chi connectivity index (χ2n) is 8.76. The number of fused-ring (bicyclic) bond motifs is 2. The van der Waals surface area contributed by atoms with Gasteiger partial charge in [-0.15, -0.1) is 0 Å². The number of benzene rings is 3. The molecule has 1 aromatic heterocycles. The van der Waals surface area contributed by atoms with Crippen molar-refractivity contribution in [3.63, 3.8) is 0 Å². The first-order chi connectivity index (χ1) is 17.1. The molecule has 35 heavy (non-hydrogen) atoms. The maximum atomic E-state index is 13.7. The van der Waals surface area contributed by atoms with E-state index in [-0.39, 0.29) is 17.1 Å². The fourth-order valence-electron chi connectivity index (χ4n) is 4.60. The van der Waals surface area contributed by atoms with Crippen molar-refractivity contribution in [1.29, 1.82) is 0 Å². The molecule has 5 nitrogen and oxygen atoms in total. The summed E-state index contributed by atoms with van der Waals surface area (Å²) >= 11 is 6.18. The average molecular weight is 488 g/mol. The van der Waals surface area contributed by atoms with Crippen LogP contribution in [0.25, 0.3) is 11.0 Å². The van der Waals surface area contributed by atoms with Crippen LogP contribution >= 0.6 is 11.6 Å². The molecule has 6 heteroatoms. The van der Waals surface area contributed by atoms with Crippen LogP contribution in [0.4, 0.5) is 0 Å². The molecule has 3 aromatic carbocycles. The van der Waals surface area contributed by atoms with E-state index in [1.54, 1.807) is 23.1 Å². The zero-order chi connectivity index (χ0) is 24.4. The molecule has 1 atom stereocenters. The third kappa shape index (κ3) is 4.56. The predicted octanol–water partition coefficient (Wildman–Crippen LogP) is 6.76. The molecule has 1 aliphatic rings. The predicted molar refractivity (Wildman–Crippen MR) is 137 cm³/mol. The lowest BCUT2D eigenvalue weighted by Gasteiger charge is -2.25. The van der Waals surface area contributed by atoms with Gasteiger partial charge >= 0.3 is 0 Å². The van der Waals surface area contributed by atoms with Gasteiger partial charge in [-0.3, -0.25) is 9.59 Å². The van der Waals surface area contributed by atoms with Gasteiger partial charge in [0, 0.05) is 11.6 Å². The molecule has 1 amide bonds. The summed E-state index contributed by atoms with van der Waals surface area (Å²) in [5, 5.41) is 0.803. The number of ether oxygens (including phenoxy) is 1. The molecule has 0 aliphatic carbocycles. The summed E-state index contributed by atoms with van der Waals surface area (Å²) in [6.07, 6.45) is 3.19. The number of nitrogens with zero attached hydrogens (tertiary/aromatic N) is 1. The Hall–Kier alpha value is -3.57. The highest BCUT2D eigenvalue weighted by atomic mass is 35.5. The molecular formula is C29H26ClNO4. The Kier molecular flexibility index (Phi) is 6.60. The van der Waals surface area contributed by atoms with Crippen LogP contribution in [0.1, 0.15) is 59.5 Å². The van der Waals surface area contributed by atoms with Crippen molar-refractivity contribution in [1.82, 2.24) is 4.90 Å². The Morgan fingerprint density at radius 3 is 2.60 bits per heavy atom. The second-order valence-corrected chi connectivity index (χ2v) is 9.20. The van der Waals surface area contributed by atoms with E-state index >= 15 is 0 Å². The monoisotopic (exact) mass is 487 g/mol. The minimum absolute atomic E-state index is 0.0834. The van der Waals surface area contributed by atoms with Gasteiger partial charge in [0.15, 0.2) is 5.43 Å².